The van der Waals surface area contributed by atoms with E-state index in [1.807, 2.05) is 25.1 Å². The summed E-state index contributed by atoms with van der Waals surface area (Å²) in [5.41, 5.74) is 2.86. The number of aryl methyl sites for hydroxylation is 1. The fraction of sp³-hybridized carbons (Fsp3) is 0.346. The van der Waals surface area contributed by atoms with E-state index in [1.54, 1.807) is 30.2 Å². The highest BCUT2D eigenvalue weighted by Gasteiger charge is 2.37. The third kappa shape index (κ3) is 6.08. The van der Waals surface area contributed by atoms with E-state index >= 15 is 0 Å². The maximum absolute atomic E-state index is 12.9. The van der Waals surface area contributed by atoms with Crippen LogP contribution >= 0.6 is 27.7 Å². The number of hydrogen-bond donors (Lipinski definition) is 0. The summed E-state index contributed by atoms with van der Waals surface area (Å²) >= 11 is 4.38. The molecule has 2 fully saturated rings. The summed E-state index contributed by atoms with van der Waals surface area (Å²) in [7, 11) is 1.55. The molecule has 0 spiro atoms. The van der Waals surface area contributed by atoms with Gasteiger partial charge in [0.1, 0.15) is 13.2 Å². The molecule has 4 rings (SSSR count). The van der Waals surface area contributed by atoms with Gasteiger partial charge in [0.05, 0.1) is 16.5 Å². The lowest BCUT2D eigenvalue weighted by Crippen LogP contribution is -2.44. The van der Waals surface area contributed by atoms with E-state index in [2.05, 4.69) is 22.0 Å². The van der Waals surface area contributed by atoms with E-state index in [1.165, 1.54) is 0 Å². The monoisotopic (exact) mass is 558 g/mol. The highest BCUT2D eigenvalue weighted by molar-refractivity contribution is 9.10. The second-order valence-corrected chi connectivity index (χ2v) is 10.4. The Labute approximate surface area is 217 Å². The molecule has 0 saturated carbocycles. The van der Waals surface area contributed by atoms with Crippen molar-refractivity contribution in [3.05, 3.63) is 62.5 Å². The second-order valence-electron chi connectivity index (χ2n) is 8.52. The Morgan fingerprint density at radius 3 is 2.63 bits per heavy atom. The fourth-order valence-corrected chi connectivity index (χ4v) is 5.50. The van der Waals surface area contributed by atoms with Crippen LogP contribution in [0.25, 0.3) is 6.08 Å². The number of thioether (sulfide) groups is 1. The van der Waals surface area contributed by atoms with Crippen molar-refractivity contribution in [3.63, 3.8) is 0 Å². The number of amides is 3. The zero-order chi connectivity index (χ0) is 24.9. The molecular formula is C26H27BrN2O5S. The summed E-state index contributed by atoms with van der Waals surface area (Å²) in [6.07, 6.45) is 4.64. The molecular weight excluding hydrogens is 532 g/mol. The van der Waals surface area contributed by atoms with Crippen molar-refractivity contribution in [2.75, 3.05) is 26.7 Å². The van der Waals surface area contributed by atoms with Gasteiger partial charge in [-0.2, -0.15) is 0 Å². The maximum Gasteiger partial charge on any atom is 0.294 e. The van der Waals surface area contributed by atoms with Crippen LogP contribution in [0, 0.1) is 6.92 Å². The van der Waals surface area contributed by atoms with E-state index in [-0.39, 0.29) is 17.4 Å². The zero-order valence-electron chi connectivity index (χ0n) is 19.7. The first-order valence-electron chi connectivity index (χ1n) is 11.4. The van der Waals surface area contributed by atoms with Crippen molar-refractivity contribution in [3.8, 4) is 11.5 Å². The summed E-state index contributed by atoms with van der Waals surface area (Å²) in [5.74, 6) is 0.400. The number of rotatable bonds is 7. The van der Waals surface area contributed by atoms with Gasteiger partial charge in [-0.3, -0.25) is 19.3 Å². The molecule has 0 atom stereocenters. The Morgan fingerprint density at radius 2 is 1.91 bits per heavy atom. The predicted molar refractivity (Wildman–Crippen MR) is 139 cm³/mol. The average Bonchev–Trinajstić information content (AvgIpc) is 3.10. The lowest BCUT2D eigenvalue weighted by atomic mass is 10.1. The van der Waals surface area contributed by atoms with Crippen LogP contribution in [0.1, 0.15) is 36.0 Å². The van der Waals surface area contributed by atoms with Crippen molar-refractivity contribution in [1.29, 1.82) is 0 Å². The largest absolute Gasteiger partial charge is 0.493 e. The molecule has 2 heterocycles. The standard InChI is InChI=1S/C26H27BrN2O5S/c1-17-7-6-8-18(11-17)16-34-24-20(27)12-19(13-21(24)33-2)14-22-25(31)29(26(32)35-22)15-23(30)28-9-4-3-5-10-28/h6-8,11-14H,3-5,9-10,15-16H2,1-2H3/b22-14-. The van der Waals surface area contributed by atoms with Crippen molar-refractivity contribution in [1.82, 2.24) is 9.80 Å². The van der Waals surface area contributed by atoms with Gasteiger partial charge in [0.2, 0.25) is 5.91 Å². The normalized spacial score (nSPS) is 17.3. The summed E-state index contributed by atoms with van der Waals surface area (Å²) in [6, 6.07) is 11.6. The first-order chi connectivity index (χ1) is 16.9. The minimum atomic E-state index is -0.458. The molecule has 3 amide bonds. The summed E-state index contributed by atoms with van der Waals surface area (Å²) in [4.78, 5) is 41.0. The Bertz CT molecular complexity index is 1180. The van der Waals surface area contributed by atoms with Crippen molar-refractivity contribution in [2.45, 2.75) is 32.8 Å². The fourth-order valence-electron chi connectivity index (χ4n) is 4.09. The molecule has 0 bridgehead atoms. The quantitative estimate of drug-likeness (QED) is 0.424. The molecule has 9 heteroatoms. The minimum absolute atomic E-state index is 0.187. The molecule has 2 aromatic carbocycles. The van der Waals surface area contributed by atoms with E-state index in [4.69, 9.17) is 9.47 Å². The maximum atomic E-state index is 12.9. The number of ether oxygens (including phenoxy) is 2. The molecule has 0 radical (unpaired) electrons. The van der Waals surface area contributed by atoms with Crippen LogP contribution in [-0.4, -0.2) is 53.6 Å². The second kappa shape index (κ2) is 11.3. The van der Waals surface area contributed by atoms with Crippen LogP contribution in [0.15, 0.2) is 45.8 Å². The van der Waals surface area contributed by atoms with Gasteiger partial charge in [-0.05, 0) is 83.2 Å². The van der Waals surface area contributed by atoms with Gasteiger partial charge in [0, 0.05) is 13.1 Å². The first kappa shape index (κ1) is 25.3. The summed E-state index contributed by atoms with van der Waals surface area (Å²) in [5, 5.41) is -0.434. The van der Waals surface area contributed by atoms with Crippen LogP contribution in [0.3, 0.4) is 0 Å². The molecule has 0 unspecified atom stereocenters. The predicted octanol–water partition coefficient (Wildman–Crippen LogP) is 5.39. The molecule has 2 aliphatic rings. The van der Waals surface area contributed by atoms with Crippen LogP contribution in [0.5, 0.6) is 11.5 Å². The van der Waals surface area contributed by atoms with Crippen molar-refractivity contribution >= 4 is 50.8 Å². The number of likely N-dealkylation sites (tertiary alicyclic amines) is 1. The molecule has 35 heavy (non-hydrogen) atoms. The van der Waals surface area contributed by atoms with Crippen molar-refractivity contribution in [2.24, 2.45) is 0 Å². The van der Waals surface area contributed by atoms with E-state index < -0.39 is 11.1 Å². The number of nitrogens with zero attached hydrogens (tertiary/aromatic N) is 2. The lowest BCUT2D eigenvalue weighted by Gasteiger charge is -2.27. The number of hydrogen-bond acceptors (Lipinski definition) is 6. The Balaban J connectivity index is 1.48. The van der Waals surface area contributed by atoms with E-state index in [9.17, 15) is 14.4 Å². The van der Waals surface area contributed by atoms with Gasteiger partial charge < -0.3 is 14.4 Å². The number of halogens is 1. The van der Waals surface area contributed by atoms with Gasteiger partial charge in [-0.1, -0.05) is 29.8 Å². The molecule has 184 valence electrons. The minimum Gasteiger partial charge on any atom is -0.493 e. The number of benzene rings is 2. The van der Waals surface area contributed by atoms with Gasteiger partial charge in [0.25, 0.3) is 11.1 Å². The molecule has 0 aromatic heterocycles. The number of methoxy groups -OCH3 is 1. The van der Waals surface area contributed by atoms with Crippen LogP contribution in [0.4, 0.5) is 4.79 Å². The smallest absolute Gasteiger partial charge is 0.294 e. The SMILES string of the molecule is COc1cc(/C=C2\SC(=O)N(CC(=O)N3CCCCC3)C2=O)cc(Br)c1OCc1cccc(C)c1. The summed E-state index contributed by atoms with van der Waals surface area (Å²) < 4.78 is 12.2. The Morgan fingerprint density at radius 1 is 1.14 bits per heavy atom. The van der Waals surface area contributed by atoms with Crippen LogP contribution < -0.4 is 9.47 Å². The zero-order valence-corrected chi connectivity index (χ0v) is 22.1. The third-order valence-electron chi connectivity index (χ3n) is 5.89. The molecule has 0 N–H and O–H groups in total. The van der Waals surface area contributed by atoms with Crippen LogP contribution in [-0.2, 0) is 16.2 Å². The highest BCUT2D eigenvalue weighted by Crippen LogP contribution is 2.39. The lowest BCUT2D eigenvalue weighted by molar-refractivity contribution is -0.136. The topological polar surface area (TPSA) is 76.2 Å². The molecule has 2 saturated heterocycles. The van der Waals surface area contributed by atoms with E-state index in [0.29, 0.717) is 41.2 Å². The Hall–Kier alpha value is -2.78. The number of carbonyl (C=O) groups is 3. The third-order valence-corrected chi connectivity index (χ3v) is 7.39. The Kier molecular flexibility index (Phi) is 8.18. The molecule has 7 nitrogen and oxygen atoms in total. The van der Waals surface area contributed by atoms with Gasteiger partial charge in [-0.25, -0.2) is 0 Å². The van der Waals surface area contributed by atoms with Gasteiger partial charge in [-0.15, -0.1) is 0 Å². The van der Waals surface area contributed by atoms with Gasteiger partial charge >= 0.3 is 0 Å². The van der Waals surface area contributed by atoms with Crippen molar-refractivity contribution < 1.29 is 23.9 Å². The number of carbonyl (C=O) groups excluding carboxylic acids is 3. The van der Waals surface area contributed by atoms with Gasteiger partial charge in [0.15, 0.2) is 11.5 Å². The molecule has 0 aliphatic carbocycles. The van der Waals surface area contributed by atoms with E-state index in [0.717, 1.165) is 47.1 Å². The van der Waals surface area contributed by atoms with Crippen LogP contribution in [0.2, 0.25) is 0 Å². The number of imide groups is 1. The molecule has 2 aliphatic heterocycles. The average molecular weight is 559 g/mol. The first-order valence-corrected chi connectivity index (χ1v) is 13.1. The highest BCUT2D eigenvalue weighted by atomic mass is 79.9. The number of piperidine rings is 1. The molecule has 2 aromatic rings. The summed E-state index contributed by atoms with van der Waals surface area (Å²) in [6.45, 7) is 3.54.